The largest absolute Gasteiger partial charge is 0.461 e. The Balaban J connectivity index is 2.73. The Morgan fingerprint density at radius 1 is 1.38 bits per heavy atom. The maximum Gasteiger partial charge on any atom is 0.338 e. The number of halogens is 1. The number of alkyl halides is 1. The summed E-state index contributed by atoms with van der Waals surface area (Å²) in [7, 11) is 0. The summed E-state index contributed by atoms with van der Waals surface area (Å²) in [4.78, 5) is 22.2. The normalized spacial score (nSPS) is 9.62. The molecule has 0 aromatic heterocycles. The number of carbonyl (C=O) groups excluding carboxylic acids is 2. The van der Waals surface area contributed by atoms with Crippen molar-refractivity contribution in [3.63, 3.8) is 0 Å². The predicted octanol–water partition coefficient (Wildman–Crippen LogP) is 2.20. The highest BCUT2D eigenvalue weighted by molar-refractivity contribution is 14.1. The van der Waals surface area contributed by atoms with Crippen molar-refractivity contribution in [2.24, 2.45) is 0 Å². The zero-order chi connectivity index (χ0) is 12.0. The van der Waals surface area contributed by atoms with Crippen LogP contribution >= 0.6 is 22.6 Å². The molecule has 16 heavy (non-hydrogen) atoms. The molecule has 0 aliphatic rings. The minimum atomic E-state index is -0.419. The minimum Gasteiger partial charge on any atom is -0.461 e. The van der Waals surface area contributed by atoms with Gasteiger partial charge in [0.05, 0.1) is 5.56 Å². The number of hydrogen-bond acceptors (Lipinski definition) is 4. The average molecular weight is 334 g/mol. The van der Waals surface area contributed by atoms with Gasteiger partial charge in [-0.05, 0) is 18.2 Å². The van der Waals surface area contributed by atoms with Crippen LogP contribution in [0.3, 0.4) is 0 Å². The molecule has 1 aromatic rings. The third-order valence-corrected chi connectivity index (χ3v) is 2.08. The fourth-order valence-electron chi connectivity index (χ4n) is 1.07. The van der Waals surface area contributed by atoms with Gasteiger partial charge in [-0.25, -0.2) is 4.79 Å². The van der Waals surface area contributed by atoms with E-state index in [4.69, 9.17) is 9.47 Å². The van der Waals surface area contributed by atoms with E-state index in [0.29, 0.717) is 17.9 Å². The van der Waals surface area contributed by atoms with Gasteiger partial charge in [0.25, 0.3) is 0 Å². The molecule has 0 aliphatic carbocycles. The van der Waals surface area contributed by atoms with Gasteiger partial charge >= 0.3 is 11.9 Å². The van der Waals surface area contributed by atoms with Crippen molar-refractivity contribution < 1.29 is 19.1 Å². The molecule has 0 aliphatic heterocycles. The van der Waals surface area contributed by atoms with Crippen LogP contribution in [0.2, 0.25) is 0 Å². The average Bonchev–Trinajstić information content (AvgIpc) is 2.25. The summed E-state index contributed by atoms with van der Waals surface area (Å²) < 4.78 is 10.6. The molecule has 0 spiro atoms. The molecule has 4 nitrogen and oxygen atoms in total. The topological polar surface area (TPSA) is 52.6 Å². The fourth-order valence-corrected chi connectivity index (χ4v) is 1.29. The second-order valence-corrected chi connectivity index (χ2v) is 4.03. The van der Waals surface area contributed by atoms with E-state index in [-0.39, 0.29) is 0 Å². The Morgan fingerprint density at radius 3 is 2.75 bits per heavy atom. The zero-order valence-electron chi connectivity index (χ0n) is 8.73. The highest BCUT2D eigenvalue weighted by Crippen LogP contribution is 2.14. The molecule has 0 bridgehead atoms. The predicted molar refractivity (Wildman–Crippen MR) is 66.9 cm³/mol. The summed E-state index contributed by atoms with van der Waals surface area (Å²) >= 11 is 2.12. The fraction of sp³-hybridized carbons (Fsp3) is 0.273. The third-order valence-electron chi connectivity index (χ3n) is 1.64. The molecule has 0 N–H and O–H groups in total. The van der Waals surface area contributed by atoms with Crippen LogP contribution in [-0.4, -0.2) is 23.0 Å². The lowest BCUT2D eigenvalue weighted by atomic mass is 10.2. The molecule has 0 radical (unpaired) electrons. The van der Waals surface area contributed by atoms with Gasteiger partial charge in [-0.15, -0.1) is 0 Å². The first-order valence-corrected chi connectivity index (χ1v) is 6.17. The molecular weight excluding hydrogens is 323 g/mol. The lowest BCUT2D eigenvalue weighted by molar-refractivity contribution is -0.131. The van der Waals surface area contributed by atoms with Gasteiger partial charge in [0.2, 0.25) is 0 Å². The first-order chi connectivity index (χ1) is 7.63. The van der Waals surface area contributed by atoms with Crippen molar-refractivity contribution in [2.45, 2.75) is 6.92 Å². The van der Waals surface area contributed by atoms with Gasteiger partial charge in [0.1, 0.15) is 12.4 Å². The molecule has 0 fully saturated rings. The van der Waals surface area contributed by atoms with E-state index in [1.807, 2.05) is 0 Å². The Bertz CT molecular complexity index is 389. The summed E-state index contributed by atoms with van der Waals surface area (Å²) in [5.74, 6) is -0.486. The molecule has 86 valence electrons. The van der Waals surface area contributed by atoms with Gasteiger partial charge in [0.15, 0.2) is 0 Å². The van der Waals surface area contributed by atoms with Gasteiger partial charge in [-0.1, -0.05) is 28.7 Å². The van der Waals surface area contributed by atoms with Gasteiger partial charge in [-0.2, -0.15) is 0 Å². The number of rotatable bonds is 4. The Kier molecular flexibility index (Phi) is 5.24. The van der Waals surface area contributed by atoms with E-state index < -0.39 is 11.9 Å². The van der Waals surface area contributed by atoms with E-state index in [1.165, 1.54) is 13.0 Å². The van der Waals surface area contributed by atoms with Crippen LogP contribution in [0.4, 0.5) is 0 Å². The van der Waals surface area contributed by atoms with Gasteiger partial charge in [-0.3, -0.25) is 4.79 Å². The summed E-state index contributed by atoms with van der Waals surface area (Å²) in [5, 5.41) is 0. The monoisotopic (exact) mass is 334 g/mol. The molecule has 0 unspecified atom stereocenters. The van der Waals surface area contributed by atoms with Crippen LogP contribution in [-0.2, 0) is 9.53 Å². The summed E-state index contributed by atoms with van der Waals surface area (Å²) in [6.07, 6.45) is 0. The molecule has 1 rings (SSSR count). The van der Waals surface area contributed by atoms with Crippen molar-refractivity contribution in [3.05, 3.63) is 29.8 Å². The highest BCUT2D eigenvalue weighted by atomic mass is 127. The number of carbonyl (C=O) groups is 2. The second kappa shape index (κ2) is 6.47. The third kappa shape index (κ3) is 4.18. The number of esters is 2. The van der Waals surface area contributed by atoms with E-state index in [2.05, 4.69) is 22.6 Å². The van der Waals surface area contributed by atoms with E-state index >= 15 is 0 Å². The summed E-state index contributed by atoms with van der Waals surface area (Å²) in [5.41, 5.74) is 0.378. The Morgan fingerprint density at radius 2 is 2.12 bits per heavy atom. The first-order valence-electron chi connectivity index (χ1n) is 4.65. The summed E-state index contributed by atoms with van der Waals surface area (Å²) in [6.45, 7) is 1.68. The van der Waals surface area contributed by atoms with Crippen molar-refractivity contribution in [2.75, 3.05) is 11.0 Å². The Hall–Kier alpha value is -1.11. The molecule has 0 amide bonds. The van der Waals surface area contributed by atoms with Crippen molar-refractivity contribution in [1.29, 1.82) is 0 Å². The van der Waals surface area contributed by atoms with E-state index in [9.17, 15) is 9.59 Å². The number of hydrogen-bond donors (Lipinski definition) is 0. The lowest BCUT2D eigenvalue weighted by Gasteiger charge is -2.04. The molecular formula is C11H11IO4. The van der Waals surface area contributed by atoms with Crippen molar-refractivity contribution in [3.8, 4) is 5.75 Å². The standard InChI is InChI=1S/C11H11IO4/c1-8(13)16-10-4-2-3-9(7-10)11(14)15-6-5-12/h2-4,7H,5-6H2,1H3. The lowest BCUT2D eigenvalue weighted by Crippen LogP contribution is -2.08. The van der Waals surface area contributed by atoms with Crippen molar-refractivity contribution >= 4 is 34.5 Å². The molecule has 5 heteroatoms. The second-order valence-electron chi connectivity index (χ2n) is 2.95. The molecule has 0 saturated heterocycles. The van der Waals surface area contributed by atoms with Gasteiger partial charge in [0, 0.05) is 11.4 Å². The summed E-state index contributed by atoms with van der Waals surface area (Å²) in [6, 6.07) is 6.34. The quantitative estimate of drug-likeness (QED) is 0.367. The maximum absolute atomic E-state index is 11.5. The number of ether oxygens (including phenoxy) is 2. The van der Waals surface area contributed by atoms with Gasteiger partial charge < -0.3 is 9.47 Å². The smallest absolute Gasteiger partial charge is 0.338 e. The van der Waals surface area contributed by atoms with Crippen molar-refractivity contribution in [1.82, 2.24) is 0 Å². The highest BCUT2D eigenvalue weighted by Gasteiger charge is 2.08. The SMILES string of the molecule is CC(=O)Oc1cccc(C(=O)OCCI)c1. The van der Waals surface area contributed by atoms with Crippen LogP contribution in [0, 0.1) is 0 Å². The van der Waals surface area contributed by atoms with E-state index in [0.717, 1.165) is 4.43 Å². The van der Waals surface area contributed by atoms with E-state index in [1.54, 1.807) is 18.2 Å². The minimum absolute atomic E-state index is 0.344. The molecule has 0 saturated carbocycles. The van der Waals surface area contributed by atoms with Crippen LogP contribution in [0.15, 0.2) is 24.3 Å². The molecule has 0 heterocycles. The zero-order valence-corrected chi connectivity index (χ0v) is 10.9. The number of benzene rings is 1. The Labute approximate surface area is 107 Å². The van der Waals surface area contributed by atoms with Crippen LogP contribution in [0.1, 0.15) is 17.3 Å². The molecule has 0 atom stereocenters. The van der Waals surface area contributed by atoms with Crippen LogP contribution in [0.25, 0.3) is 0 Å². The van der Waals surface area contributed by atoms with Crippen LogP contribution < -0.4 is 4.74 Å². The first kappa shape index (κ1) is 13.0. The maximum atomic E-state index is 11.5. The van der Waals surface area contributed by atoms with Crippen LogP contribution in [0.5, 0.6) is 5.75 Å². The molecule has 1 aromatic carbocycles.